The third kappa shape index (κ3) is 3.69. The van der Waals surface area contributed by atoms with Crippen LogP contribution in [0.15, 0.2) is 18.2 Å². The minimum Gasteiger partial charge on any atom is -0.493 e. The number of hydrogen-bond donors (Lipinski definition) is 0. The van der Waals surface area contributed by atoms with Gasteiger partial charge in [-0.2, -0.15) is 5.10 Å². The molecule has 1 aromatic heterocycles. The molecule has 0 aliphatic carbocycles. The van der Waals surface area contributed by atoms with Crippen LogP contribution in [0.3, 0.4) is 0 Å². The van der Waals surface area contributed by atoms with Crippen molar-refractivity contribution in [1.82, 2.24) is 14.7 Å². The standard InChI is InChI=1S/C20H27N3O3/c1-5-26-18-8-6-15(12-19(18)25-4)7-9-20(24)23-11-10-16-14(2)21-22(3)17(16)13-23/h6,8,12H,5,7,9-11,13H2,1-4H3. The zero-order valence-electron chi connectivity index (χ0n) is 16.0. The van der Waals surface area contributed by atoms with E-state index >= 15 is 0 Å². The minimum absolute atomic E-state index is 0.183. The number of methoxy groups -OCH3 is 1. The van der Waals surface area contributed by atoms with E-state index in [1.54, 1.807) is 7.11 Å². The van der Waals surface area contributed by atoms with Gasteiger partial charge in [0.05, 0.1) is 31.6 Å². The van der Waals surface area contributed by atoms with Gasteiger partial charge in [-0.1, -0.05) is 6.07 Å². The molecule has 0 atom stereocenters. The molecule has 1 aliphatic rings. The van der Waals surface area contributed by atoms with E-state index in [-0.39, 0.29) is 5.91 Å². The van der Waals surface area contributed by atoms with Crippen LogP contribution in [0.2, 0.25) is 0 Å². The van der Waals surface area contributed by atoms with Crippen molar-refractivity contribution in [1.29, 1.82) is 0 Å². The average molecular weight is 357 g/mol. The summed E-state index contributed by atoms with van der Waals surface area (Å²) in [6, 6.07) is 5.87. The van der Waals surface area contributed by atoms with Gasteiger partial charge in [0.2, 0.25) is 5.91 Å². The Morgan fingerprint density at radius 2 is 2.12 bits per heavy atom. The zero-order valence-corrected chi connectivity index (χ0v) is 16.0. The Labute approximate surface area is 154 Å². The monoisotopic (exact) mass is 357 g/mol. The van der Waals surface area contributed by atoms with Crippen LogP contribution in [0, 0.1) is 6.92 Å². The number of ether oxygens (including phenoxy) is 2. The van der Waals surface area contributed by atoms with Gasteiger partial charge in [-0.3, -0.25) is 9.48 Å². The second-order valence-corrected chi connectivity index (χ2v) is 6.62. The van der Waals surface area contributed by atoms with E-state index in [0.717, 1.165) is 35.7 Å². The van der Waals surface area contributed by atoms with E-state index in [2.05, 4.69) is 5.10 Å². The number of carbonyl (C=O) groups excluding carboxylic acids is 1. The summed E-state index contributed by atoms with van der Waals surface area (Å²) >= 11 is 0. The lowest BCUT2D eigenvalue weighted by molar-refractivity contribution is -0.132. The lowest BCUT2D eigenvalue weighted by Gasteiger charge is -2.27. The second kappa shape index (κ2) is 7.81. The van der Waals surface area contributed by atoms with Crippen molar-refractivity contribution in [3.8, 4) is 11.5 Å². The van der Waals surface area contributed by atoms with Crippen LogP contribution in [0.5, 0.6) is 11.5 Å². The van der Waals surface area contributed by atoms with Crippen molar-refractivity contribution in [3.05, 3.63) is 40.7 Å². The summed E-state index contributed by atoms with van der Waals surface area (Å²) in [6.45, 7) is 6.00. The van der Waals surface area contributed by atoms with Crippen molar-refractivity contribution in [3.63, 3.8) is 0 Å². The number of nitrogens with zero attached hydrogens (tertiary/aromatic N) is 3. The van der Waals surface area contributed by atoms with E-state index in [9.17, 15) is 4.79 Å². The molecule has 6 heteroatoms. The van der Waals surface area contributed by atoms with Crippen molar-refractivity contribution >= 4 is 5.91 Å². The van der Waals surface area contributed by atoms with Gasteiger partial charge in [-0.15, -0.1) is 0 Å². The van der Waals surface area contributed by atoms with Gasteiger partial charge in [0, 0.05) is 20.0 Å². The molecule has 0 radical (unpaired) electrons. The predicted octanol–water partition coefficient (Wildman–Crippen LogP) is 2.65. The molecule has 0 spiro atoms. The number of amides is 1. The maximum absolute atomic E-state index is 12.7. The highest BCUT2D eigenvalue weighted by Gasteiger charge is 2.25. The largest absolute Gasteiger partial charge is 0.493 e. The van der Waals surface area contributed by atoms with Gasteiger partial charge in [0.1, 0.15) is 0 Å². The molecule has 140 valence electrons. The Balaban J connectivity index is 1.62. The van der Waals surface area contributed by atoms with Gasteiger partial charge in [-0.05, 0) is 49.9 Å². The molecule has 0 saturated heterocycles. The van der Waals surface area contributed by atoms with Crippen LogP contribution in [0.25, 0.3) is 0 Å². The lowest BCUT2D eigenvalue weighted by atomic mass is 10.0. The first-order chi connectivity index (χ1) is 12.5. The Hall–Kier alpha value is -2.50. The molecule has 2 heterocycles. The summed E-state index contributed by atoms with van der Waals surface area (Å²) in [7, 11) is 3.58. The SMILES string of the molecule is CCOc1ccc(CCC(=O)N2CCc3c(C)nn(C)c3C2)cc1OC. The third-order valence-electron chi connectivity index (χ3n) is 4.96. The van der Waals surface area contributed by atoms with E-state index in [4.69, 9.17) is 9.47 Å². The highest BCUT2D eigenvalue weighted by molar-refractivity contribution is 5.76. The summed E-state index contributed by atoms with van der Waals surface area (Å²) in [5.74, 6) is 1.63. The molecule has 0 bridgehead atoms. The van der Waals surface area contributed by atoms with Crippen LogP contribution in [0.4, 0.5) is 0 Å². The molecular formula is C20H27N3O3. The number of hydrogen-bond acceptors (Lipinski definition) is 4. The molecule has 1 amide bonds. The molecule has 0 N–H and O–H groups in total. The molecule has 1 aliphatic heterocycles. The zero-order chi connectivity index (χ0) is 18.7. The fourth-order valence-corrected chi connectivity index (χ4v) is 3.54. The number of fused-ring (bicyclic) bond motifs is 1. The van der Waals surface area contributed by atoms with Crippen LogP contribution >= 0.6 is 0 Å². The number of aryl methyl sites for hydroxylation is 3. The smallest absolute Gasteiger partial charge is 0.223 e. The molecule has 0 fully saturated rings. The van der Waals surface area contributed by atoms with E-state index in [1.165, 1.54) is 5.56 Å². The number of benzene rings is 1. The van der Waals surface area contributed by atoms with Crippen LogP contribution in [-0.2, 0) is 31.2 Å². The second-order valence-electron chi connectivity index (χ2n) is 6.62. The fourth-order valence-electron chi connectivity index (χ4n) is 3.54. The maximum atomic E-state index is 12.7. The number of carbonyl (C=O) groups is 1. The molecule has 6 nitrogen and oxygen atoms in total. The Bertz CT molecular complexity index is 798. The fraction of sp³-hybridized carbons (Fsp3) is 0.500. The summed E-state index contributed by atoms with van der Waals surface area (Å²) in [5.41, 5.74) is 4.61. The number of aromatic nitrogens is 2. The topological polar surface area (TPSA) is 56.6 Å². The first kappa shape index (κ1) is 18.3. The summed E-state index contributed by atoms with van der Waals surface area (Å²) in [4.78, 5) is 14.6. The summed E-state index contributed by atoms with van der Waals surface area (Å²) < 4.78 is 12.8. The van der Waals surface area contributed by atoms with Crippen molar-refractivity contribution in [2.75, 3.05) is 20.3 Å². The van der Waals surface area contributed by atoms with Gasteiger partial charge < -0.3 is 14.4 Å². The van der Waals surface area contributed by atoms with Crippen molar-refractivity contribution in [2.24, 2.45) is 7.05 Å². The van der Waals surface area contributed by atoms with Gasteiger partial charge in [0.25, 0.3) is 0 Å². The molecule has 1 aromatic carbocycles. The highest BCUT2D eigenvalue weighted by Crippen LogP contribution is 2.29. The molecule has 26 heavy (non-hydrogen) atoms. The first-order valence-electron chi connectivity index (χ1n) is 9.12. The average Bonchev–Trinajstić information content (AvgIpc) is 2.94. The normalized spacial score (nSPS) is 13.5. The summed E-state index contributed by atoms with van der Waals surface area (Å²) in [6.07, 6.45) is 2.07. The van der Waals surface area contributed by atoms with Gasteiger partial charge in [0.15, 0.2) is 11.5 Å². The Morgan fingerprint density at radius 3 is 2.85 bits per heavy atom. The van der Waals surface area contributed by atoms with Crippen LogP contribution < -0.4 is 9.47 Å². The summed E-state index contributed by atoms with van der Waals surface area (Å²) in [5, 5.41) is 4.48. The lowest BCUT2D eigenvalue weighted by Crippen LogP contribution is -2.36. The van der Waals surface area contributed by atoms with Crippen molar-refractivity contribution in [2.45, 2.75) is 39.7 Å². The first-order valence-corrected chi connectivity index (χ1v) is 9.12. The molecule has 3 rings (SSSR count). The molecule has 2 aromatic rings. The van der Waals surface area contributed by atoms with Crippen LogP contribution in [-0.4, -0.2) is 40.8 Å². The van der Waals surface area contributed by atoms with E-state index < -0.39 is 0 Å². The maximum Gasteiger partial charge on any atom is 0.223 e. The highest BCUT2D eigenvalue weighted by atomic mass is 16.5. The minimum atomic E-state index is 0.183. The van der Waals surface area contributed by atoms with Gasteiger partial charge in [-0.25, -0.2) is 0 Å². The van der Waals surface area contributed by atoms with E-state index in [0.29, 0.717) is 31.7 Å². The Kier molecular flexibility index (Phi) is 5.49. The number of rotatable bonds is 6. The van der Waals surface area contributed by atoms with Gasteiger partial charge >= 0.3 is 0 Å². The molecule has 0 saturated carbocycles. The molecule has 0 unspecified atom stereocenters. The predicted molar refractivity (Wildman–Crippen MR) is 99.6 cm³/mol. The third-order valence-corrected chi connectivity index (χ3v) is 4.96. The van der Waals surface area contributed by atoms with E-state index in [1.807, 2.05) is 48.7 Å². The quantitative estimate of drug-likeness (QED) is 0.798. The molecular weight excluding hydrogens is 330 g/mol. The van der Waals surface area contributed by atoms with Crippen molar-refractivity contribution < 1.29 is 14.3 Å². The van der Waals surface area contributed by atoms with Crippen LogP contribution in [0.1, 0.15) is 35.9 Å². The Morgan fingerprint density at radius 1 is 1.31 bits per heavy atom.